The van der Waals surface area contributed by atoms with Gasteiger partial charge in [-0.15, -0.1) is 0 Å². The molecule has 9 heteroatoms. The molecule has 42 heavy (non-hydrogen) atoms. The van der Waals surface area contributed by atoms with Crippen LogP contribution in [0.4, 0.5) is 0 Å². The van der Waals surface area contributed by atoms with E-state index in [0.29, 0.717) is 18.5 Å². The summed E-state index contributed by atoms with van der Waals surface area (Å²) in [6.07, 6.45) is 4.81. The van der Waals surface area contributed by atoms with Crippen LogP contribution < -0.4 is 4.72 Å². The van der Waals surface area contributed by atoms with Crippen molar-refractivity contribution in [3.05, 3.63) is 119 Å². The molecule has 220 valence electrons. The number of hydrogen-bond donors (Lipinski definition) is 2. The van der Waals surface area contributed by atoms with Gasteiger partial charge >= 0.3 is 5.97 Å². The van der Waals surface area contributed by atoms with Crippen LogP contribution >= 0.6 is 0 Å². The van der Waals surface area contributed by atoms with E-state index in [1.807, 2.05) is 55.5 Å². The number of amides is 1. The molecule has 1 aliphatic carbocycles. The lowest BCUT2D eigenvalue weighted by Gasteiger charge is -2.35. The normalized spacial score (nSPS) is 17.6. The predicted octanol–water partition coefficient (Wildman–Crippen LogP) is 4.83. The number of sulfonamides is 1. The van der Waals surface area contributed by atoms with Crippen LogP contribution in [0.1, 0.15) is 36.5 Å². The molecule has 0 fully saturated rings. The minimum atomic E-state index is -4.01. The molecule has 4 rings (SSSR count). The Morgan fingerprint density at radius 1 is 0.976 bits per heavy atom. The van der Waals surface area contributed by atoms with Gasteiger partial charge in [0.1, 0.15) is 6.04 Å². The van der Waals surface area contributed by atoms with Crippen LogP contribution in [0, 0.1) is 0 Å². The van der Waals surface area contributed by atoms with Gasteiger partial charge in [-0.25, -0.2) is 8.42 Å². The third-order valence-electron chi connectivity index (χ3n) is 7.46. The summed E-state index contributed by atoms with van der Waals surface area (Å²) in [6, 6.07) is 23.5. The zero-order valence-corrected chi connectivity index (χ0v) is 24.8. The van der Waals surface area contributed by atoms with Gasteiger partial charge in [0, 0.05) is 33.5 Å². The highest BCUT2D eigenvalue weighted by Gasteiger charge is 2.33. The lowest BCUT2D eigenvalue weighted by molar-refractivity contribution is -0.139. The summed E-state index contributed by atoms with van der Waals surface area (Å²) in [7, 11) is -0.599. The Bertz CT molecular complexity index is 1580. The van der Waals surface area contributed by atoms with Gasteiger partial charge in [-0.2, -0.15) is 4.72 Å². The summed E-state index contributed by atoms with van der Waals surface area (Å²) >= 11 is 0. The summed E-state index contributed by atoms with van der Waals surface area (Å²) in [6.45, 7) is 2.35. The summed E-state index contributed by atoms with van der Waals surface area (Å²) < 4.78 is 33.6. The maximum atomic E-state index is 13.2. The Kier molecular flexibility index (Phi) is 9.78. The maximum absolute atomic E-state index is 13.2. The molecule has 1 aliphatic rings. The topological polar surface area (TPSA) is 113 Å². The Labute approximate surface area is 247 Å². The van der Waals surface area contributed by atoms with Crippen molar-refractivity contribution in [1.82, 2.24) is 9.62 Å². The van der Waals surface area contributed by atoms with Crippen LogP contribution in [0.25, 0.3) is 5.57 Å². The molecule has 0 bridgehead atoms. The monoisotopic (exact) mass is 588 g/mol. The van der Waals surface area contributed by atoms with Crippen LogP contribution in [0.3, 0.4) is 0 Å². The van der Waals surface area contributed by atoms with Gasteiger partial charge in [-0.05, 0) is 47.7 Å². The summed E-state index contributed by atoms with van der Waals surface area (Å²) in [5.41, 5.74) is 4.02. The molecule has 2 N–H and O–H groups in total. The first-order valence-electron chi connectivity index (χ1n) is 13.6. The van der Waals surface area contributed by atoms with E-state index in [1.165, 1.54) is 12.1 Å². The molecule has 3 aromatic rings. The average Bonchev–Trinajstić information content (AvgIpc) is 2.98. The number of benzene rings is 3. The molecule has 0 radical (unpaired) electrons. The molecule has 0 saturated heterocycles. The van der Waals surface area contributed by atoms with Gasteiger partial charge in [0.15, 0.2) is 0 Å². The van der Waals surface area contributed by atoms with Gasteiger partial charge in [-0.1, -0.05) is 90.5 Å². The van der Waals surface area contributed by atoms with Crippen LogP contribution in [0.5, 0.6) is 0 Å². The zero-order chi connectivity index (χ0) is 30.3. The largest absolute Gasteiger partial charge is 0.480 e. The molecule has 2 unspecified atom stereocenters. The van der Waals surface area contributed by atoms with Crippen molar-refractivity contribution in [2.45, 2.75) is 49.3 Å². The predicted molar refractivity (Wildman–Crippen MR) is 162 cm³/mol. The van der Waals surface area contributed by atoms with Gasteiger partial charge < -0.3 is 14.7 Å². The van der Waals surface area contributed by atoms with Crippen molar-refractivity contribution < 1.29 is 27.9 Å². The number of methoxy groups -OCH3 is 1. The number of carbonyl (C=O) groups excluding carboxylic acids is 1. The van der Waals surface area contributed by atoms with E-state index in [2.05, 4.69) is 4.72 Å². The highest BCUT2D eigenvalue weighted by Crippen LogP contribution is 2.39. The van der Waals surface area contributed by atoms with E-state index in [1.54, 1.807) is 55.5 Å². The van der Waals surface area contributed by atoms with Crippen molar-refractivity contribution in [3.63, 3.8) is 0 Å². The summed E-state index contributed by atoms with van der Waals surface area (Å²) in [5, 5.41) is 9.73. The van der Waals surface area contributed by atoms with E-state index in [0.717, 1.165) is 22.3 Å². The standard InChI is InChI=1S/C33H36N2O6S/c1-33(41-3)22-25(17-18-29(33)27-13-6-4-7-14-27)21-31(36)35(2)23-26-12-10-11-24(19-26)20-30(32(37)38)34-42(39,40)28-15-8-5-9-16-28/h4-19,30,34H,20-23H2,1-3H3,(H,37,38). The second-order valence-corrected chi connectivity index (χ2v) is 12.4. The SMILES string of the molecule is COC1(C)CC(CC(=O)N(C)Cc2cccc(CC(NS(=O)(=O)c3ccccc3)C(=O)O)c2)=CC=C1c1ccccc1. The third kappa shape index (κ3) is 7.61. The summed E-state index contributed by atoms with van der Waals surface area (Å²) in [4.78, 5) is 26.7. The van der Waals surface area contributed by atoms with Crippen molar-refractivity contribution >= 4 is 27.5 Å². The fourth-order valence-electron chi connectivity index (χ4n) is 5.10. The fraction of sp³-hybridized carbons (Fsp3) is 0.273. The number of nitrogens with zero attached hydrogens (tertiary/aromatic N) is 1. The van der Waals surface area contributed by atoms with E-state index in [4.69, 9.17) is 4.74 Å². The minimum absolute atomic E-state index is 0.00388. The lowest BCUT2D eigenvalue weighted by Crippen LogP contribution is -2.42. The zero-order valence-electron chi connectivity index (χ0n) is 24.0. The molecule has 3 aromatic carbocycles. The number of aliphatic carboxylic acids is 1. The number of allylic oxidation sites excluding steroid dienone is 2. The van der Waals surface area contributed by atoms with Gasteiger partial charge in [-0.3, -0.25) is 9.59 Å². The number of carbonyl (C=O) groups is 2. The van der Waals surface area contributed by atoms with E-state index in [9.17, 15) is 23.1 Å². The Balaban J connectivity index is 1.41. The molecule has 0 aromatic heterocycles. The molecular weight excluding hydrogens is 552 g/mol. The number of rotatable bonds is 12. The maximum Gasteiger partial charge on any atom is 0.322 e. The number of nitrogens with one attached hydrogen (secondary N) is 1. The number of hydrogen-bond acceptors (Lipinski definition) is 5. The second-order valence-electron chi connectivity index (χ2n) is 10.7. The lowest BCUT2D eigenvalue weighted by atomic mass is 9.79. The van der Waals surface area contributed by atoms with Crippen LogP contribution in [0.2, 0.25) is 0 Å². The van der Waals surface area contributed by atoms with Crippen LogP contribution in [0.15, 0.2) is 108 Å². The quantitative estimate of drug-likeness (QED) is 0.314. The minimum Gasteiger partial charge on any atom is -0.480 e. The highest BCUT2D eigenvalue weighted by molar-refractivity contribution is 7.89. The van der Waals surface area contributed by atoms with Crippen molar-refractivity contribution in [1.29, 1.82) is 0 Å². The molecule has 0 heterocycles. The van der Waals surface area contributed by atoms with Crippen LogP contribution in [-0.2, 0) is 37.3 Å². The first-order valence-corrected chi connectivity index (χ1v) is 15.1. The molecule has 1 amide bonds. The van der Waals surface area contributed by atoms with Crippen molar-refractivity contribution in [2.24, 2.45) is 0 Å². The van der Waals surface area contributed by atoms with E-state index in [-0.39, 0.29) is 23.6 Å². The van der Waals surface area contributed by atoms with Crippen molar-refractivity contribution in [3.8, 4) is 0 Å². The fourth-order valence-corrected chi connectivity index (χ4v) is 6.31. The summed E-state index contributed by atoms with van der Waals surface area (Å²) in [5.74, 6) is -1.33. The number of carboxylic acid groups (broad SMARTS) is 1. The Morgan fingerprint density at radius 2 is 1.62 bits per heavy atom. The molecule has 0 spiro atoms. The third-order valence-corrected chi connectivity index (χ3v) is 8.95. The average molecular weight is 589 g/mol. The Hall–Kier alpha value is -4.05. The second kappa shape index (κ2) is 13.3. The number of carboxylic acids is 1. The Morgan fingerprint density at radius 3 is 2.26 bits per heavy atom. The highest BCUT2D eigenvalue weighted by atomic mass is 32.2. The molecule has 0 saturated carbocycles. The first kappa shape index (κ1) is 30.9. The molecule has 0 aliphatic heterocycles. The molecule has 2 atom stereocenters. The van der Waals surface area contributed by atoms with Crippen LogP contribution in [-0.4, -0.2) is 56.1 Å². The molecule has 8 nitrogen and oxygen atoms in total. The van der Waals surface area contributed by atoms with E-state index >= 15 is 0 Å². The van der Waals surface area contributed by atoms with Gasteiger partial charge in [0.25, 0.3) is 0 Å². The smallest absolute Gasteiger partial charge is 0.322 e. The van der Waals surface area contributed by atoms with Gasteiger partial charge in [0.05, 0.1) is 10.5 Å². The van der Waals surface area contributed by atoms with Crippen molar-refractivity contribution in [2.75, 3.05) is 14.2 Å². The first-order chi connectivity index (χ1) is 20.0. The van der Waals surface area contributed by atoms with E-state index < -0.39 is 27.6 Å². The number of ether oxygens (including phenoxy) is 1. The van der Waals surface area contributed by atoms with Gasteiger partial charge in [0.2, 0.25) is 15.9 Å². The molecular formula is C33H36N2O6S.